The zero-order valence-corrected chi connectivity index (χ0v) is 13.3. The van der Waals surface area contributed by atoms with Crippen LogP contribution in [-0.4, -0.2) is 15.8 Å². The molecule has 1 aromatic heterocycles. The average molecular weight is 345 g/mol. The third-order valence-electron chi connectivity index (χ3n) is 3.23. The zero-order valence-electron chi connectivity index (χ0n) is 12.5. The third kappa shape index (κ3) is 4.33. The molecule has 0 spiro atoms. The molecule has 0 unspecified atom stereocenters. The molecule has 3 aromatic rings. The molecule has 0 bridgehead atoms. The minimum Gasteiger partial charge on any atom is -0.308 e. The molecule has 0 fully saturated rings. The Morgan fingerprint density at radius 2 is 1.88 bits per heavy atom. The van der Waals surface area contributed by atoms with E-state index < -0.39 is 11.8 Å². The Morgan fingerprint density at radius 3 is 2.62 bits per heavy atom. The highest BCUT2D eigenvalue weighted by atomic mass is 35.5. The number of carbonyl (C=O) groups is 1. The van der Waals surface area contributed by atoms with Crippen molar-refractivity contribution in [3.63, 3.8) is 0 Å². The molecule has 0 radical (unpaired) electrons. The van der Waals surface area contributed by atoms with E-state index in [9.17, 15) is 9.18 Å². The first-order valence-electron chi connectivity index (χ1n) is 7.19. The van der Waals surface area contributed by atoms with Crippen LogP contribution in [0.4, 0.5) is 20.6 Å². The Bertz CT molecular complexity index is 848. The number of amides is 2. The second-order valence-electron chi connectivity index (χ2n) is 5.14. The van der Waals surface area contributed by atoms with Gasteiger partial charge in [0.15, 0.2) is 0 Å². The molecule has 0 aliphatic carbocycles. The molecule has 0 atom stereocenters. The number of hydrogen-bond acceptors (Lipinski definition) is 2. The van der Waals surface area contributed by atoms with Gasteiger partial charge < -0.3 is 10.6 Å². The largest absolute Gasteiger partial charge is 0.323 e. The zero-order chi connectivity index (χ0) is 16.9. The van der Waals surface area contributed by atoms with E-state index in [1.54, 1.807) is 23.1 Å². The molecule has 24 heavy (non-hydrogen) atoms. The fourth-order valence-electron chi connectivity index (χ4n) is 2.15. The highest BCUT2D eigenvalue weighted by molar-refractivity contribution is 6.30. The van der Waals surface area contributed by atoms with Crippen LogP contribution in [-0.2, 0) is 6.54 Å². The quantitative estimate of drug-likeness (QED) is 0.738. The molecule has 0 aliphatic heterocycles. The minimum atomic E-state index is -0.466. The molecule has 122 valence electrons. The number of rotatable bonds is 4. The summed E-state index contributed by atoms with van der Waals surface area (Å²) >= 11 is 5.85. The molecule has 7 heteroatoms. The van der Waals surface area contributed by atoms with E-state index in [-0.39, 0.29) is 0 Å². The lowest BCUT2D eigenvalue weighted by Gasteiger charge is -2.05. The van der Waals surface area contributed by atoms with Crippen molar-refractivity contribution in [2.24, 2.45) is 0 Å². The van der Waals surface area contributed by atoms with Crippen LogP contribution < -0.4 is 10.6 Å². The van der Waals surface area contributed by atoms with Gasteiger partial charge in [0.1, 0.15) is 5.82 Å². The molecule has 2 aromatic carbocycles. The van der Waals surface area contributed by atoms with E-state index in [1.165, 1.54) is 18.2 Å². The smallest absolute Gasteiger partial charge is 0.308 e. The van der Waals surface area contributed by atoms with E-state index in [0.717, 1.165) is 5.56 Å². The van der Waals surface area contributed by atoms with E-state index in [0.29, 0.717) is 22.9 Å². The summed E-state index contributed by atoms with van der Waals surface area (Å²) in [7, 11) is 0. The van der Waals surface area contributed by atoms with Gasteiger partial charge in [-0.05, 0) is 35.9 Å². The fourth-order valence-corrected chi connectivity index (χ4v) is 2.28. The van der Waals surface area contributed by atoms with E-state index in [2.05, 4.69) is 15.7 Å². The maximum atomic E-state index is 13.1. The Hall–Kier alpha value is -2.86. The average Bonchev–Trinajstić information content (AvgIpc) is 2.96. The van der Waals surface area contributed by atoms with Crippen molar-refractivity contribution in [2.45, 2.75) is 6.54 Å². The number of anilines is 2. The third-order valence-corrected chi connectivity index (χ3v) is 3.48. The van der Waals surface area contributed by atoms with Gasteiger partial charge >= 0.3 is 6.03 Å². The van der Waals surface area contributed by atoms with E-state index in [4.69, 9.17) is 11.6 Å². The van der Waals surface area contributed by atoms with Crippen LogP contribution in [0.25, 0.3) is 0 Å². The molecule has 5 nitrogen and oxygen atoms in total. The van der Waals surface area contributed by atoms with Gasteiger partial charge in [-0.25, -0.2) is 9.18 Å². The normalized spacial score (nSPS) is 10.4. The van der Waals surface area contributed by atoms with Gasteiger partial charge in [0.2, 0.25) is 0 Å². The standard InChI is InChI=1S/C17H14ClFN4O/c18-13-6-4-12(5-7-13)10-23-11-16(9-20-23)22-17(24)21-15-3-1-2-14(19)8-15/h1-9,11H,10H2,(H2,21,22,24). The molecule has 3 rings (SSSR count). The Morgan fingerprint density at radius 1 is 1.12 bits per heavy atom. The number of benzene rings is 2. The summed E-state index contributed by atoms with van der Waals surface area (Å²) in [6, 6.07) is 12.7. The number of nitrogens with zero attached hydrogens (tertiary/aromatic N) is 2. The van der Waals surface area contributed by atoms with Crippen LogP contribution >= 0.6 is 11.6 Å². The van der Waals surface area contributed by atoms with Gasteiger partial charge in [-0.1, -0.05) is 29.8 Å². The summed E-state index contributed by atoms with van der Waals surface area (Å²) < 4.78 is 14.8. The van der Waals surface area contributed by atoms with Crippen LogP contribution in [0.2, 0.25) is 5.02 Å². The predicted molar refractivity (Wildman–Crippen MR) is 91.8 cm³/mol. The van der Waals surface area contributed by atoms with Gasteiger partial charge in [0.05, 0.1) is 18.4 Å². The molecule has 0 aliphatic rings. The van der Waals surface area contributed by atoms with E-state index in [1.807, 2.05) is 24.3 Å². The maximum absolute atomic E-state index is 13.1. The molecule has 1 heterocycles. The predicted octanol–water partition coefficient (Wildman–Crippen LogP) is 4.37. The van der Waals surface area contributed by atoms with Gasteiger partial charge in [-0.3, -0.25) is 4.68 Å². The molecule has 2 N–H and O–H groups in total. The minimum absolute atomic E-state index is 0.376. The van der Waals surface area contributed by atoms with Crippen molar-refractivity contribution in [2.75, 3.05) is 10.6 Å². The maximum Gasteiger partial charge on any atom is 0.323 e. The lowest BCUT2D eigenvalue weighted by molar-refractivity contribution is 0.262. The van der Waals surface area contributed by atoms with Crippen LogP contribution in [0.15, 0.2) is 60.9 Å². The first-order chi connectivity index (χ1) is 11.6. The summed E-state index contributed by atoms with van der Waals surface area (Å²) in [6.07, 6.45) is 3.25. The lowest BCUT2D eigenvalue weighted by atomic mass is 10.2. The van der Waals surface area contributed by atoms with Crippen molar-refractivity contribution in [1.82, 2.24) is 9.78 Å². The lowest BCUT2D eigenvalue weighted by Crippen LogP contribution is -2.19. The molecular weight excluding hydrogens is 331 g/mol. The number of nitrogens with one attached hydrogen (secondary N) is 2. The SMILES string of the molecule is O=C(Nc1cccc(F)c1)Nc1cnn(Cc2ccc(Cl)cc2)c1. The first-order valence-corrected chi connectivity index (χ1v) is 7.57. The summed E-state index contributed by atoms with van der Waals surface area (Å²) in [5.74, 6) is -0.413. The van der Waals surface area contributed by atoms with Crippen molar-refractivity contribution in [3.8, 4) is 0 Å². The summed E-state index contributed by atoms with van der Waals surface area (Å²) in [6.45, 7) is 0.560. The fraction of sp³-hybridized carbons (Fsp3) is 0.0588. The molecular formula is C17H14ClFN4O. The second-order valence-corrected chi connectivity index (χ2v) is 5.58. The number of halogens is 2. The van der Waals surface area contributed by atoms with Crippen molar-refractivity contribution < 1.29 is 9.18 Å². The molecule has 2 amide bonds. The van der Waals surface area contributed by atoms with Crippen LogP contribution in [0.1, 0.15) is 5.56 Å². The topological polar surface area (TPSA) is 59.0 Å². The first kappa shape index (κ1) is 16.0. The van der Waals surface area contributed by atoms with E-state index >= 15 is 0 Å². The van der Waals surface area contributed by atoms with Gasteiger partial charge in [-0.15, -0.1) is 0 Å². The van der Waals surface area contributed by atoms with Crippen LogP contribution in [0, 0.1) is 5.82 Å². The van der Waals surface area contributed by atoms with Gasteiger partial charge in [0.25, 0.3) is 0 Å². The van der Waals surface area contributed by atoms with Crippen molar-refractivity contribution in [3.05, 3.63) is 77.3 Å². The summed E-state index contributed by atoms with van der Waals surface area (Å²) in [5, 5.41) is 10.1. The monoisotopic (exact) mass is 344 g/mol. The van der Waals surface area contributed by atoms with Gasteiger partial charge in [0, 0.05) is 16.9 Å². The molecule has 0 saturated carbocycles. The Balaban J connectivity index is 1.59. The summed E-state index contributed by atoms with van der Waals surface area (Å²) in [5.41, 5.74) is 1.96. The Kier molecular flexibility index (Phi) is 4.77. The van der Waals surface area contributed by atoms with Crippen LogP contribution in [0.5, 0.6) is 0 Å². The highest BCUT2D eigenvalue weighted by Gasteiger charge is 2.06. The van der Waals surface area contributed by atoms with Gasteiger partial charge in [-0.2, -0.15) is 5.10 Å². The van der Waals surface area contributed by atoms with Crippen LogP contribution in [0.3, 0.4) is 0 Å². The number of urea groups is 1. The number of hydrogen-bond donors (Lipinski definition) is 2. The second kappa shape index (κ2) is 7.14. The highest BCUT2D eigenvalue weighted by Crippen LogP contribution is 2.13. The number of carbonyl (C=O) groups excluding carboxylic acids is 1. The molecule has 0 saturated heterocycles. The van der Waals surface area contributed by atoms with Crippen molar-refractivity contribution in [1.29, 1.82) is 0 Å². The van der Waals surface area contributed by atoms with Crippen molar-refractivity contribution >= 4 is 29.0 Å². The number of aromatic nitrogens is 2. The summed E-state index contributed by atoms with van der Waals surface area (Å²) in [4.78, 5) is 11.9. The Labute approximate surface area is 143 Å².